The van der Waals surface area contributed by atoms with Crippen molar-refractivity contribution in [2.24, 2.45) is 10.2 Å². The number of hydrogen-bond acceptors (Lipinski definition) is 9. The smallest absolute Gasteiger partial charge is 0.266 e. The lowest BCUT2D eigenvalue weighted by Crippen LogP contribution is -2.55. The summed E-state index contributed by atoms with van der Waals surface area (Å²) in [6.45, 7) is 3.60. The number of carbonyl (C=O) groups is 2. The van der Waals surface area contributed by atoms with Crippen molar-refractivity contribution in [1.82, 2.24) is 14.8 Å². The van der Waals surface area contributed by atoms with Gasteiger partial charge in [0.1, 0.15) is 10.4 Å². The number of nitrogens with zero attached hydrogens (tertiary/aromatic N) is 6. The van der Waals surface area contributed by atoms with Crippen LogP contribution in [0.3, 0.4) is 0 Å². The number of benzene rings is 2. The van der Waals surface area contributed by atoms with Crippen molar-refractivity contribution in [2.75, 3.05) is 25.0 Å². The average molecular weight is 587 g/mol. The van der Waals surface area contributed by atoms with Gasteiger partial charge in [0.2, 0.25) is 5.13 Å². The third-order valence-corrected chi connectivity index (χ3v) is 9.39. The molecule has 0 saturated carbocycles. The molecule has 6 rings (SSSR count). The van der Waals surface area contributed by atoms with Gasteiger partial charge in [-0.1, -0.05) is 41.7 Å². The van der Waals surface area contributed by atoms with E-state index in [1.165, 1.54) is 43.7 Å². The van der Waals surface area contributed by atoms with E-state index in [0.29, 0.717) is 18.2 Å². The molecule has 2 aromatic heterocycles. The molecule has 0 spiro atoms. The Bertz CT molecular complexity index is 1660. The third kappa shape index (κ3) is 5.07. The SMILES string of the molecule is CCN1C(=O)/C(=C\c2cc3sc(/N=N/c4ccc5c(c4)CCCN5C)nc3s2)C(=O)N(Cc2ccccc2)C1=S. The number of thiocarbonyl (C=S) groups is 1. The van der Waals surface area contributed by atoms with E-state index in [9.17, 15) is 9.59 Å². The summed E-state index contributed by atoms with van der Waals surface area (Å²) in [4.78, 5) is 38.1. The molecule has 2 aromatic carbocycles. The molecular weight excluding hydrogens is 561 g/mol. The molecule has 2 aliphatic heterocycles. The molecule has 11 heteroatoms. The number of carbonyl (C=O) groups excluding carboxylic acids is 2. The highest BCUT2D eigenvalue weighted by Crippen LogP contribution is 2.37. The van der Waals surface area contributed by atoms with Crippen LogP contribution in [0, 0.1) is 0 Å². The number of anilines is 1. The van der Waals surface area contributed by atoms with Crippen molar-refractivity contribution in [3.8, 4) is 0 Å². The molecule has 202 valence electrons. The fraction of sp³-hybridized carbons (Fsp3) is 0.241. The topological polar surface area (TPSA) is 81.5 Å². The number of likely N-dealkylation sites (N-methyl/N-ethyl adjacent to an activating group) is 1. The van der Waals surface area contributed by atoms with E-state index in [0.717, 1.165) is 45.0 Å². The van der Waals surface area contributed by atoms with Gasteiger partial charge in [-0.15, -0.1) is 21.6 Å². The van der Waals surface area contributed by atoms with Crippen LogP contribution in [0.1, 0.15) is 29.3 Å². The van der Waals surface area contributed by atoms with E-state index in [4.69, 9.17) is 12.2 Å². The van der Waals surface area contributed by atoms with Gasteiger partial charge in [-0.05, 0) is 73.5 Å². The summed E-state index contributed by atoms with van der Waals surface area (Å²) in [5.41, 5.74) is 4.39. The summed E-state index contributed by atoms with van der Waals surface area (Å²) >= 11 is 8.36. The summed E-state index contributed by atoms with van der Waals surface area (Å²) in [6, 6.07) is 17.7. The Morgan fingerprint density at radius 2 is 1.82 bits per heavy atom. The molecule has 0 bridgehead atoms. The Labute approximate surface area is 245 Å². The first-order valence-corrected chi connectivity index (χ1v) is 15.0. The number of thiazole rings is 1. The van der Waals surface area contributed by atoms with Gasteiger partial charge in [-0.25, -0.2) is 4.98 Å². The minimum absolute atomic E-state index is 0.0956. The Morgan fingerprint density at radius 1 is 1.02 bits per heavy atom. The zero-order valence-electron chi connectivity index (χ0n) is 22.0. The standard InChI is InChI=1S/C29H26N6O2S3/c1-3-34-26(36)22(27(37)35(29(34)38)17-18-8-5-4-6-9-18)15-21-16-24-25(39-21)30-28(40-24)32-31-20-11-12-23-19(14-20)10-7-13-33(23)2/h4-6,8-9,11-12,14-16H,3,7,10,13,17H2,1-2H3/b22-15+,32-31+. The lowest BCUT2D eigenvalue weighted by molar-refractivity contribution is -0.133. The van der Waals surface area contributed by atoms with Gasteiger partial charge in [0.25, 0.3) is 11.8 Å². The van der Waals surface area contributed by atoms with E-state index < -0.39 is 0 Å². The predicted octanol–water partition coefficient (Wildman–Crippen LogP) is 6.71. The number of amides is 2. The Hall–Kier alpha value is -3.80. The molecule has 0 N–H and O–H groups in total. The normalized spacial score (nSPS) is 17.1. The Balaban J connectivity index is 1.23. The molecule has 1 fully saturated rings. The Kier molecular flexibility index (Phi) is 7.26. The van der Waals surface area contributed by atoms with Crippen LogP contribution in [0.4, 0.5) is 16.5 Å². The highest BCUT2D eigenvalue weighted by Gasteiger charge is 2.38. The molecular formula is C29H26N6O2S3. The van der Waals surface area contributed by atoms with Gasteiger partial charge in [0.05, 0.1) is 16.9 Å². The second kappa shape index (κ2) is 11.0. The van der Waals surface area contributed by atoms with Gasteiger partial charge < -0.3 is 4.90 Å². The van der Waals surface area contributed by atoms with Gasteiger partial charge in [0.15, 0.2) is 5.11 Å². The molecule has 4 aromatic rings. The average Bonchev–Trinajstić information content (AvgIpc) is 3.52. The first kappa shape index (κ1) is 26.4. The van der Waals surface area contributed by atoms with Crippen LogP contribution >= 0.6 is 34.9 Å². The van der Waals surface area contributed by atoms with Crippen LogP contribution in [0.25, 0.3) is 15.6 Å². The van der Waals surface area contributed by atoms with Gasteiger partial charge in [0, 0.05) is 30.7 Å². The van der Waals surface area contributed by atoms with Crippen LogP contribution < -0.4 is 4.90 Å². The van der Waals surface area contributed by atoms with E-state index in [-0.39, 0.29) is 22.5 Å². The highest BCUT2D eigenvalue weighted by atomic mass is 32.1. The monoisotopic (exact) mass is 586 g/mol. The largest absolute Gasteiger partial charge is 0.374 e. The number of aryl methyl sites for hydroxylation is 1. The van der Waals surface area contributed by atoms with Gasteiger partial charge in [-0.2, -0.15) is 0 Å². The van der Waals surface area contributed by atoms with Crippen molar-refractivity contribution in [1.29, 1.82) is 0 Å². The molecule has 40 heavy (non-hydrogen) atoms. The van der Waals surface area contributed by atoms with Crippen molar-refractivity contribution in [2.45, 2.75) is 26.3 Å². The maximum Gasteiger partial charge on any atom is 0.266 e. The summed E-state index contributed by atoms with van der Waals surface area (Å²) in [7, 11) is 2.11. The van der Waals surface area contributed by atoms with E-state index in [1.54, 1.807) is 6.08 Å². The van der Waals surface area contributed by atoms with Crippen LogP contribution in [0.2, 0.25) is 0 Å². The highest BCUT2D eigenvalue weighted by molar-refractivity contribution is 7.80. The molecule has 0 atom stereocenters. The summed E-state index contributed by atoms with van der Waals surface area (Å²) in [5, 5.41) is 9.60. The molecule has 0 aliphatic carbocycles. The molecule has 0 radical (unpaired) electrons. The number of hydrogen-bond donors (Lipinski definition) is 0. The van der Waals surface area contributed by atoms with Gasteiger partial charge >= 0.3 is 0 Å². The molecule has 4 heterocycles. The fourth-order valence-electron chi connectivity index (χ4n) is 4.94. The second-order valence-electron chi connectivity index (χ2n) is 9.62. The number of azo groups is 1. The maximum absolute atomic E-state index is 13.4. The zero-order valence-corrected chi connectivity index (χ0v) is 24.5. The fourth-order valence-corrected chi connectivity index (χ4v) is 7.29. The van der Waals surface area contributed by atoms with Crippen LogP contribution in [-0.2, 0) is 22.6 Å². The lowest BCUT2D eigenvalue weighted by Gasteiger charge is -2.36. The van der Waals surface area contributed by atoms with E-state index in [2.05, 4.69) is 39.3 Å². The van der Waals surface area contributed by atoms with Crippen molar-refractivity contribution in [3.05, 3.63) is 76.2 Å². The van der Waals surface area contributed by atoms with E-state index in [1.807, 2.05) is 49.4 Å². The maximum atomic E-state index is 13.4. The molecule has 0 unspecified atom stereocenters. The van der Waals surface area contributed by atoms with Gasteiger partial charge in [-0.3, -0.25) is 19.4 Å². The third-order valence-electron chi connectivity index (χ3n) is 6.96. The van der Waals surface area contributed by atoms with Crippen molar-refractivity contribution in [3.63, 3.8) is 0 Å². The van der Waals surface area contributed by atoms with Crippen molar-refractivity contribution >= 4 is 83.9 Å². The lowest BCUT2D eigenvalue weighted by atomic mass is 10.0. The summed E-state index contributed by atoms with van der Waals surface area (Å²) in [5.74, 6) is -0.767. The van der Waals surface area contributed by atoms with Crippen LogP contribution in [0.15, 0.2) is 70.4 Å². The number of thiophene rings is 1. The first-order valence-electron chi connectivity index (χ1n) is 13.0. The molecule has 2 amide bonds. The molecule has 2 aliphatic rings. The number of aromatic nitrogens is 1. The zero-order chi connectivity index (χ0) is 27.8. The molecule has 1 saturated heterocycles. The minimum atomic E-state index is -0.390. The molecule has 8 nitrogen and oxygen atoms in total. The van der Waals surface area contributed by atoms with E-state index >= 15 is 0 Å². The van der Waals surface area contributed by atoms with Crippen molar-refractivity contribution < 1.29 is 9.59 Å². The predicted molar refractivity (Wildman–Crippen MR) is 165 cm³/mol. The van der Waals surface area contributed by atoms with Crippen LogP contribution in [-0.4, -0.2) is 51.8 Å². The Morgan fingerprint density at radius 3 is 2.60 bits per heavy atom. The number of fused-ring (bicyclic) bond motifs is 2. The quantitative estimate of drug-likeness (QED) is 0.109. The summed E-state index contributed by atoms with van der Waals surface area (Å²) < 4.78 is 0.928. The summed E-state index contributed by atoms with van der Waals surface area (Å²) in [6.07, 6.45) is 3.83. The minimum Gasteiger partial charge on any atom is -0.374 e. The van der Waals surface area contributed by atoms with Crippen LogP contribution in [0.5, 0.6) is 0 Å². The number of rotatable bonds is 6. The second-order valence-corrected chi connectivity index (χ2v) is 12.1. The first-order chi connectivity index (χ1) is 19.4.